The quantitative estimate of drug-likeness (QED) is 0.341. The van der Waals surface area contributed by atoms with Crippen molar-refractivity contribution in [1.82, 2.24) is 14.8 Å². The van der Waals surface area contributed by atoms with Crippen LogP contribution >= 0.6 is 23.4 Å². The first-order chi connectivity index (χ1) is 16.4. The number of hydrogen-bond donors (Lipinski definition) is 2. The highest BCUT2D eigenvalue weighted by atomic mass is 35.5. The van der Waals surface area contributed by atoms with Gasteiger partial charge < -0.3 is 15.2 Å². The third-order valence-electron chi connectivity index (χ3n) is 4.81. The van der Waals surface area contributed by atoms with Crippen LogP contribution in [0, 0.1) is 5.82 Å². The van der Waals surface area contributed by atoms with E-state index in [9.17, 15) is 14.0 Å². The standard InChI is InChI=1S/C24H19ClFN5O2S/c1-31-22(29-30-24(31)34-14-21(32)28-20-12-5-4-11-19(20)26)15-7-6-8-16(13-15)27-23(33)17-9-2-3-10-18(17)25/h2-13H,14H2,1H3,(H,27,33)(H,28,32). The van der Waals surface area contributed by atoms with Crippen LogP contribution in [0.5, 0.6) is 0 Å². The van der Waals surface area contributed by atoms with E-state index in [1.54, 1.807) is 66.2 Å². The molecule has 0 saturated carbocycles. The van der Waals surface area contributed by atoms with Gasteiger partial charge in [0.1, 0.15) is 5.82 Å². The normalized spacial score (nSPS) is 10.7. The second-order valence-electron chi connectivity index (χ2n) is 7.20. The van der Waals surface area contributed by atoms with Gasteiger partial charge in [0.15, 0.2) is 11.0 Å². The Kier molecular flexibility index (Phi) is 7.24. The summed E-state index contributed by atoms with van der Waals surface area (Å²) in [7, 11) is 1.78. The van der Waals surface area contributed by atoms with Crippen molar-refractivity contribution in [3.8, 4) is 11.4 Å². The van der Waals surface area contributed by atoms with E-state index in [-0.39, 0.29) is 23.3 Å². The van der Waals surface area contributed by atoms with Crippen LogP contribution in [0.15, 0.2) is 78.0 Å². The molecule has 4 aromatic rings. The van der Waals surface area contributed by atoms with Crippen LogP contribution in [0.1, 0.15) is 10.4 Å². The van der Waals surface area contributed by atoms with E-state index in [1.165, 1.54) is 23.9 Å². The number of anilines is 2. The van der Waals surface area contributed by atoms with E-state index < -0.39 is 5.82 Å². The molecule has 1 heterocycles. The summed E-state index contributed by atoms with van der Waals surface area (Å²) >= 11 is 7.29. The molecule has 172 valence electrons. The van der Waals surface area contributed by atoms with E-state index in [0.717, 1.165) is 5.56 Å². The maximum atomic E-state index is 13.7. The van der Waals surface area contributed by atoms with Crippen molar-refractivity contribution >= 4 is 46.6 Å². The fourth-order valence-corrected chi connectivity index (χ4v) is 4.08. The molecule has 0 fully saturated rings. The first-order valence-electron chi connectivity index (χ1n) is 10.2. The summed E-state index contributed by atoms with van der Waals surface area (Å²) in [4.78, 5) is 24.8. The average Bonchev–Trinajstić information content (AvgIpc) is 3.20. The van der Waals surface area contributed by atoms with E-state index in [2.05, 4.69) is 20.8 Å². The van der Waals surface area contributed by atoms with Gasteiger partial charge in [-0.15, -0.1) is 10.2 Å². The highest BCUT2D eigenvalue weighted by Crippen LogP contribution is 2.26. The van der Waals surface area contributed by atoms with E-state index >= 15 is 0 Å². The largest absolute Gasteiger partial charge is 0.323 e. The number of nitrogens with zero attached hydrogens (tertiary/aromatic N) is 3. The van der Waals surface area contributed by atoms with Crippen LogP contribution in [0.2, 0.25) is 5.02 Å². The fourth-order valence-electron chi connectivity index (χ4n) is 3.15. The Bertz CT molecular complexity index is 1360. The van der Waals surface area contributed by atoms with Gasteiger partial charge in [-0.05, 0) is 36.4 Å². The van der Waals surface area contributed by atoms with Gasteiger partial charge in [0.05, 0.1) is 22.0 Å². The highest BCUT2D eigenvalue weighted by molar-refractivity contribution is 7.99. The molecule has 34 heavy (non-hydrogen) atoms. The van der Waals surface area contributed by atoms with Crippen molar-refractivity contribution in [1.29, 1.82) is 0 Å². The molecule has 0 radical (unpaired) electrons. The topological polar surface area (TPSA) is 88.9 Å². The summed E-state index contributed by atoms with van der Waals surface area (Å²) in [5, 5.41) is 14.6. The number of carbonyl (C=O) groups is 2. The number of halogens is 2. The Hall–Kier alpha value is -3.69. The van der Waals surface area contributed by atoms with Crippen molar-refractivity contribution in [2.45, 2.75) is 5.16 Å². The molecule has 0 unspecified atom stereocenters. The van der Waals surface area contributed by atoms with Gasteiger partial charge in [-0.1, -0.05) is 59.8 Å². The second kappa shape index (κ2) is 10.5. The van der Waals surface area contributed by atoms with Gasteiger partial charge in [0, 0.05) is 18.3 Å². The van der Waals surface area contributed by atoms with E-state index in [4.69, 9.17) is 11.6 Å². The zero-order valence-electron chi connectivity index (χ0n) is 18.0. The van der Waals surface area contributed by atoms with Gasteiger partial charge >= 0.3 is 0 Å². The Morgan fingerprint density at radius 2 is 1.76 bits per heavy atom. The molecule has 10 heteroatoms. The SMILES string of the molecule is Cn1c(SCC(=O)Nc2ccccc2F)nnc1-c1cccc(NC(=O)c2ccccc2Cl)c1. The number of rotatable bonds is 7. The minimum absolute atomic E-state index is 0.0360. The molecule has 0 aliphatic carbocycles. The zero-order chi connectivity index (χ0) is 24.1. The van der Waals surface area contributed by atoms with Gasteiger partial charge in [0.2, 0.25) is 5.91 Å². The second-order valence-corrected chi connectivity index (χ2v) is 8.55. The first kappa shape index (κ1) is 23.5. The minimum Gasteiger partial charge on any atom is -0.323 e. The molecule has 0 aliphatic rings. The molecular formula is C24H19ClFN5O2S. The molecule has 1 aromatic heterocycles. The smallest absolute Gasteiger partial charge is 0.257 e. The predicted molar refractivity (Wildman–Crippen MR) is 132 cm³/mol. The summed E-state index contributed by atoms with van der Waals surface area (Å²) < 4.78 is 15.5. The lowest BCUT2D eigenvalue weighted by molar-refractivity contribution is -0.113. The summed E-state index contributed by atoms with van der Waals surface area (Å²) in [5.41, 5.74) is 1.81. The van der Waals surface area contributed by atoms with Crippen molar-refractivity contribution in [2.75, 3.05) is 16.4 Å². The van der Waals surface area contributed by atoms with Gasteiger partial charge in [-0.2, -0.15) is 0 Å². The van der Waals surface area contributed by atoms with Crippen molar-refractivity contribution in [3.63, 3.8) is 0 Å². The Labute approximate surface area is 204 Å². The molecule has 0 aliphatic heterocycles. The number of nitrogens with one attached hydrogen (secondary N) is 2. The molecule has 3 aromatic carbocycles. The number of aromatic nitrogens is 3. The van der Waals surface area contributed by atoms with Crippen LogP contribution in [0.3, 0.4) is 0 Å². The Morgan fingerprint density at radius 3 is 2.56 bits per heavy atom. The monoisotopic (exact) mass is 495 g/mol. The summed E-state index contributed by atoms with van der Waals surface area (Å²) in [6.45, 7) is 0. The molecule has 0 bridgehead atoms. The molecule has 7 nitrogen and oxygen atoms in total. The maximum absolute atomic E-state index is 13.7. The van der Waals surface area contributed by atoms with Gasteiger partial charge in [-0.3, -0.25) is 9.59 Å². The molecule has 4 rings (SSSR count). The third kappa shape index (κ3) is 5.44. The number of amides is 2. The third-order valence-corrected chi connectivity index (χ3v) is 6.16. The van der Waals surface area contributed by atoms with Crippen molar-refractivity contribution in [3.05, 3.63) is 89.2 Å². The predicted octanol–water partition coefficient (Wildman–Crippen LogP) is 5.26. The lowest BCUT2D eigenvalue weighted by Crippen LogP contribution is -2.15. The maximum Gasteiger partial charge on any atom is 0.257 e. The van der Waals surface area contributed by atoms with Crippen LogP contribution in [0.25, 0.3) is 11.4 Å². The van der Waals surface area contributed by atoms with Crippen LogP contribution in [0.4, 0.5) is 15.8 Å². The summed E-state index contributed by atoms with van der Waals surface area (Å²) in [5.74, 6) is -0.579. The molecule has 0 saturated heterocycles. The van der Waals surface area contributed by atoms with Crippen LogP contribution < -0.4 is 10.6 Å². The Morgan fingerprint density at radius 1 is 1.00 bits per heavy atom. The molecular weight excluding hydrogens is 477 g/mol. The van der Waals surface area contributed by atoms with Crippen LogP contribution in [-0.2, 0) is 11.8 Å². The highest BCUT2D eigenvalue weighted by Gasteiger charge is 2.15. The number of hydrogen-bond acceptors (Lipinski definition) is 5. The first-order valence-corrected chi connectivity index (χ1v) is 11.5. The van der Waals surface area contributed by atoms with Gasteiger partial charge in [-0.25, -0.2) is 4.39 Å². The van der Waals surface area contributed by atoms with Crippen molar-refractivity contribution in [2.24, 2.45) is 7.05 Å². The lowest BCUT2D eigenvalue weighted by atomic mass is 10.1. The summed E-state index contributed by atoms with van der Waals surface area (Å²) in [6.07, 6.45) is 0. The average molecular weight is 496 g/mol. The minimum atomic E-state index is -0.497. The van der Waals surface area contributed by atoms with Crippen molar-refractivity contribution < 1.29 is 14.0 Å². The Balaban J connectivity index is 1.43. The van der Waals surface area contributed by atoms with Gasteiger partial charge in [0.25, 0.3) is 5.91 Å². The molecule has 2 amide bonds. The molecule has 2 N–H and O–H groups in total. The fraction of sp³-hybridized carbons (Fsp3) is 0.0833. The summed E-state index contributed by atoms with van der Waals surface area (Å²) in [6, 6.07) is 19.9. The van der Waals surface area contributed by atoms with E-state index in [1.807, 2.05) is 6.07 Å². The molecule has 0 atom stereocenters. The zero-order valence-corrected chi connectivity index (χ0v) is 19.5. The number of benzene rings is 3. The van der Waals surface area contributed by atoms with Crippen LogP contribution in [-0.4, -0.2) is 32.3 Å². The number of thioether (sulfide) groups is 1. The number of para-hydroxylation sites is 1. The number of carbonyl (C=O) groups excluding carboxylic acids is 2. The molecule has 0 spiro atoms. The van der Waals surface area contributed by atoms with E-state index in [0.29, 0.717) is 27.3 Å². The lowest BCUT2D eigenvalue weighted by Gasteiger charge is -2.09.